The quantitative estimate of drug-likeness (QED) is 0.483. The maximum Gasteiger partial charge on any atom is 0.308 e. The van der Waals surface area contributed by atoms with E-state index >= 15 is 0 Å². The molecule has 0 spiro atoms. The Bertz CT molecular complexity index is 639. The average molecular weight is 390 g/mol. The minimum atomic E-state index is -0.00787. The predicted molar refractivity (Wildman–Crippen MR) is 87.0 cm³/mol. The molecule has 1 aromatic carbocycles. The van der Waals surface area contributed by atoms with Gasteiger partial charge in [0.15, 0.2) is 10.3 Å². The van der Waals surface area contributed by atoms with E-state index in [0.29, 0.717) is 0 Å². The summed E-state index contributed by atoms with van der Waals surface area (Å²) in [5.41, 5.74) is 3.83. The van der Waals surface area contributed by atoms with Gasteiger partial charge in [0, 0.05) is 11.3 Å². The zero-order valence-corrected chi connectivity index (χ0v) is 15.8. The second-order valence-electron chi connectivity index (χ2n) is 5.02. The number of nitrogens with one attached hydrogen (secondary N) is 1. The smallest absolute Gasteiger partial charge is 0.308 e. The molecule has 0 unspecified atom stereocenters. The van der Waals surface area contributed by atoms with Crippen molar-refractivity contribution in [2.75, 3.05) is 18.7 Å². The fourth-order valence-corrected chi connectivity index (χ4v) is 6.75. The van der Waals surface area contributed by atoms with Crippen LogP contribution in [0.25, 0.3) is 11.1 Å². The molecule has 1 aliphatic rings. The van der Waals surface area contributed by atoms with Crippen LogP contribution in [0.3, 0.4) is 0 Å². The fraction of sp³-hybridized carbons (Fsp3) is 0.357. The summed E-state index contributed by atoms with van der Waals surface area (Å²) >= 11 is 1.83. The van der Waals surface area contributed by atoms with Gasteiger partial charge in [-0.15, -0.1) is 0 Å². The topological polar surface area (TPSA) is 21.3 Å². The van der Waals surface area contributed by atoms with Gasteiger partial charge in [-0.3, -0.25) is 0 Å². The molecule has 20 heavy (non-hydrogen) atoms. The Hall–Kier alpha value is -0.300. The molecule has 2 nitrogen and oxygen atoms in total. The lowest BCUT2D eigenvalue weighted by Gasteiger charge is -2.32. The van der Waals surface area contributed by atoms with Crippen molar-refractivity contribution in [3.05, 3.63) is 23.1 Å². The number of thioether (sulfide) groups is 1. The van der Waals surface area contributed by atoms with Crippen molar-refractivity contribution in [2.24, 2.45) is 0 Å². The summed E-state index contributed by atoms with van der Waals surface area (Å²) in [6, 6.07) is 6.27. The molecule has 2 aromatic rings. The first-order valence-electron chi connectivity index (χ1n) is 6.04. The van der Waals surface area contributed by atoms with Crippen molar-refractivity contribution >= 4 is 38.1 Å². The minimum absolute atomic E-state index is 0. The average Bonchev–Trinajstić information content (AvgIpc) is 2.83. The Kier molecular flexibility index (Phi) is 4.69. The molecule has 1 aromatic heterocycles. The van der Waals surface area contributed by atoms with E-state index in [4.69, 9.17) is 4.74 Å². The maximum atomic E-state index is 5.37. The minimum Gasteiger partial charge on any atom is -1.00 e. The first-order valence-corrected chi connectivity index (χ1v) is 9.41. The van der Waals surface area contributed by atoms with Gasteiger partial charge in [-0.1, -0.05) is 11.8 Å². The number of ether oxygens (including phenoxy) is 1. The number of hydrogen-bond acceptors (Lipinski definition) is 4. The number of fused-ring (bicyclic) bond motifs is 3. The van der Waals surface area contributed by atoms with Crippen LogP contribution in [0.4, 0.5) is 5.69 Å². The normalized spacial score (nSPS) is 14.6. The highest BCUT2D eigenvalue weighted by Crippen LogP contribution is 2.53. The molecule has 0 amide bonds. The summed E-state index contributed by atoms with van der Waals surface area (Å²) in [5, 5.41) is 3.63. The van der Waals surface area contributed by atoms with E-state index in [1.165, 1.54) is 25.9 Å². The third kappa shape index (κ3) is 2.47. The molecule has 6 heteroatoms. The third-order valence-electron chi connectivity index (χ3n) is 3.33. The molecule has 108 valence electrons. The number of rotatable bonds is 2. The van der Waals surface area contributed by atoms with Crippen LogP contribution in [-0.2, 0) is 5.54 Å². The van der Waals surface area contributed by atoms with E-state index in [1.54, 1.807) is 7.11 Å². The molecule has 0 radical (unpaired) electrons. The number of halogens is 1. The van der Waals surface area contributed by atoms with Gasteiger partial charge in [0.05, 0.1) is 18.2 Å². The SMILES string of the molecule is COc1ccc2c(c1)-c1c(s[s+]c1SC)C(C)(C)N2.[Br-]. The summed E-state index contributed by atoms with van der Waals surface area (Å²) in [6.45, 7) is 4.48. The summed E-state index contributed by atoms with van der Waals surface area (Å²) in [7, 11) is 5.46. The van der Waals surface area contributed by atoms with Crippen molar-refractivity contribution in [2.45, 2.75) is 23.6 Å². The number of hydrogen-bond donors (Lipinski definition) is 1. The van der Waals surface area contributed by atoms with Gasteiger partial charge in [0.1, 0.15) is 10.6 Å². The fourth-order valence-electron chi connectivity index (χ4n) is 2.40. The Labute approximate surface area is 141 Å². The van der Waals surface area contributed by atoms with E-state index < -0.39 is 0 Å². The third-order valence-corrected chi connectivity index (χ3v) is 7.54. The van der Waals surface area contributed by atoms with Crippen LogP contribution in [0.5, 0.6) is 5.75 Å². The lowest BCUT2D eigenvalue weighted by Crippen LogP contribution is -3.00. The molecule has 3 rings (SSSR count). The van der Waals surface area contributed by atoms with E-state index in [-0.39, 0.29) is 22.5 Å². The van der Waals surface area contributed by atoms with E-state index in [2.05, 4.69) is 37.6 Å². The van der Waals surface area contributed by atoms with Crippen LogP contribution >= 0.6 is 32.4 Å². The van der Waals surface area contributed by atoms with Gasteiger partial charge in [-0.25, -0.2) is 0 Å². The van der Waals surface area contributed by atoms with Crippen LogP contribution in [-0.4, -0.2) is 13.4 Å². The summed E-state index contributed by atoms with van der Waals surface area (Å²) in [5.74, 6) is 0.912. The van der Waals surface area contributed by atoms with Crippen molar-refractivity contribution in [3.8, 4) is 16.9 Å². The summed E-state index contributed by atoms with van der Waals surface area (Å²) in [6.07, 6.45) is 2.15. The molecule has 0 fully saturated rings. The molecule has 0 saturated carbocycles. The molecule has 1 N–H and O–H groups in total. The van der Waals surface area contributed by atoms with Crippen molar-refractivity contribution < 1.29 is 21.7 Å². The monoisotopic (exact) mass is 389 g/mol. The van der Waals surface area contributed by atoms with E-state index in [0.717, 1.165) is 5.75 Å². The largest absolute Gasteiger partial charge is 1.00 e. The van der Waals surface area contributed by atoms with Gasteiger partial charge >= 0.3 is 10.3 Å². The Morgan fingerprint density at radius 1 is 1.35 bits per heavy atom. The van der Waals surface area contributed by atoms with E-state index in [9.17, 15) is 0 Å². The molecular formula is C14H16BrNOS3. The molecule has 2 heterocycles. The second kappa shape index (κ2) is 5.83. The lowest BCUT2D eigenvalue weighted by molar-refractivity contribution is -0.00000427. The Morgan fingerprint density at radius 2 is 2.10 bits per heavy atom. The molecule has 1 aliphatic heterocycles. The van der Waals surface area contributed by atoms with Gasteiger partial charge in [0.25, 0.3) is 4.21 Å². The van der Waals surface area contributed by atoms with Crippen molar-refractivity contribution in [1.29, 1.82) is 0 Å². The number of anilines is 1. The first-order chi connectivity index (χ1) is 9.06. The zero-order chi connectivity index (χ0) is 13.6. The van der Waals surface area contributed by atoms with Gasteiger partial charge in [-0.2, -0.15) is 0 Å². The number of benzene rings is 1. The van der Waals surface area contributed by atoms with Gasteiger partial charge < -0.3 is 27.0 Å². The van der Waals surface area contributed by atoms with Crippen LogP contribution in [0.1, 0.15) is 18.7 Å². The molecule has 0 aliphatic carbocycles. The maximum absolute atomic E-state index is 5.37. The van der Waals surface area contributed by atoms with E-state index in [1.807, 2.05) is 38.5 Å². The summed E-state index contributed by atoms with van der Waals surface area (Å²) < 4.78 is 6.76. The molecule has 0 saturated heterocycles. The molecular weight excluding hydrogens is 374 g/mol. The van der Waals surface area contributed by atoms with Crippen LogP contribution in [0, 0.1) is 0 Å². The molecule has 0 bridgehead atoms. The Morgan fingerprint density at radius 3 is 2.75 bits per heavy atom. The second-order valence-corrected chi connectivity index (χ2v) is 8.25. The molecule has 0 atom stereocenters. The van der Waals surface area contributed by atoms with Crippen molar-refractivity contribution in [1.82, 2.24) is 0 Å². The van der Waals surface area contributed by atoms with Crippen LogP contribution in [0.2, 0.25) is 0 Å². The zero-order valence-electron chi connectivity index (χ0n) is 11.7. The van der Waals surface area contributed by atoms with Gasteiger partial charge in [0.2, 0.25) is 0 Å². The lowest BCUT2D eigenvalue weighted by atomic mass is 9.90. The highest BCUT2D eigenvalue weighted by atomic mass is 79.9. The first kappa shape index (κ1) is 16.1. The standard InChI is InChI=1S/C14H16NOS3.BrH/c1-14(2)12-11(13(17-4)19-18-12)9-7-8(16-3)5-6-10(9)15-14;/h5-7,15H,1-4H3;1H/q+1;/p-1. The highest BCUT2D eigenvalue weighted by molar-refractivity contribution is 8.02. The van der Waals surface area contributed by atoms with Crippen molar-refractivity contribution in [3.63, 3.8) is 0 Å². The summed E-state index contributed by atoms with van der Waals surface area (Å²) in [4.78, 5) is 1.42. The van der Waals surface area contributed by atoms with Crippen LogP contribution < -0.4 is 27.0 Å². The highest BCUT2D eigenvalue weighted by Gasteiger charge is 2.39. The Balaban J connectivity index is 0.00000147. The van der Waals surface area contributed by atoms with Gasteiger partial charge in [-0.05, 0) is 38.3 Å². The van der Waals surface area contributed by atoms with Crippen LogP contribution in [0.15, 0.2) is 22.4 Å². The predicted octanol–water partition coefficient (Wildman–Crippen LogP) is 2.15. The number of methoxy groups -OCH3 is 1.